The van der Waals surface area contributed by atoms with E-state index < -0.39 is 11.9 Å². The number of rotatable bonds is 2. The summed E-state index contributed by atoms with van der Waals surface area (Å²) in [6.45, 7) is 1.98. The number of aromatic nitrogens is 1. The first-order chi connectivity index (χ1) is 6.45. The van der Waals surface area contributed by atoms with Gasteiger partial charge in [0.2, 0.25) is 5.88 Å². The van der Waals surface area contributed by atoms with E-state index in [-0.39, 0.29) is 9.45 Å². The predicted molar refractivity (Wildman–Crippen MR) is 53.1 cm³/mol. The summed E-state index contributed by atoms with van der Waals surface area (Å²) < 4.78 is 42.0. The van der Waals surface area contributed by atoms with Crippen LogP contribution in [0.3, 0.4) is 0 Å². The van der Waals surface area contributed by atoms with Gasteiger partial charge in [0.25, 0.3) is 0 Å². The van der Waals surface area contributed by atoms with Gasteiger partial charge in [0, 0.05) is 9.64 Å². The fourth-order valence-corrected chi connectivity index (χ4v) is 1.46. The van der Waals surface area contributed by atoms with Crippen molar-refractivity contribution in [3.05, 3.63) is 21.4 Å². The van der Waals surface area contributed by atoms with Crippen LogP contribution >= 0.6 is 22.6 Å². The van der Waals surface area contributed by atoms with Crippen LogP contribution in [-0.4, -0.2) is 11.6 Å². The molecule has 0 radical (unpaired) electrons. The number of pyridine rings is 1. The number of hydrogen-bond donors (Lipinski definition) is 0. The maximum atomic E-state index is 12.3. The first-order valence-electron chi connectivity index (χ1n) is 3.81. The fourth-order valence-electron chi connectivity index (χ4n) is 0.851. The Morgan fingerprint density at radius 2 is 2.07 bits per heavy atom. The molecule has 0 fully saturated rings. The third-order valence-electron chi connectivity index (χ3n) is 1.38. The van der Waals surface area contributed by atoms with Gasteiger partial charge in [-0.2, -0.15) is 13.2 Å². The Kier molecular flexibility index (Phi) is 3.57. The molecule has 1 heterocycles. The van der Waals surface area contributed by atoms with Crippen LogP contribution in [0.1, 0.15) is 12.6 Å². The number of nitrogens with zero attached hydrogens (tertiary/aromatic N) is 1. The molecule has 2 nitrogen and oxygen atoms in total. The Bertz CT molecular complexity index is 327. The molecule has 0 aliphatic heterocycles. The third-order valence-corrected chi connectivity index (χ3v) is 2.25. The van der Waals surface area contributed by atoms with Gasteiger partial charge < -0.3 is 4.74 Å². The topological polar surface area (TPSA) is 22.1 Å². The number of alkyl halides is 3. The molecule has 14 heavy (non-hydrogen) atoms. The predicted octanol–water partition coefficient (Wildman–Crippen LogP) is 3.10. The molecule has 0 bridgehead atoms. The molecule has 78 valence electrons. The van der Waals surface area contributed by atoms with Gasteiger partial charge in [0.15, 0.2) is 5.69 Å². The summed E-state index contributed by atoms with van der Waals surface area (Å²) in [7, 11) is 0. The summed E-state index contributed by atoms with van der Waals surface area (Å²) in [5.41, 5.74) is -0.899. The van der Waals surface area contributed by atoms with Crippen LogP contribution in [-0.2, 0) is 6.18 Å². The van der Waals surface area contributed by atoms with Crippen LogP contribution in [0.4, 0.5) is 13.2 Å². The molecule has 0 aliphatic rings. The van der Waals surface area contributed by atoms with Gasteiger partial charge >= 0.3 is 6.18 Å². The molecular weight excluding hydrogens is 310 g/mol. The second-order valence-corrected chi connectivity index (χ2v) is 3.57. The summed E-state index contributed by atoms with van der Waals surface area (Å²) in [5, 5.41) is 0. The van der Waals surface area contributed by atoms with Crippen molar-refractivity contribution in [2.45, 2.75) is 13.1 Å². The number of ether oxygens (including phenoxy) is 1. The van der Waals surface area contributed by atoms with Crippen LogP contribution in [0.25, 0.3) is 0 Å². The number of hydrogen-bond acceptors (Lipinski definition) is 2. The number of halogens is 4. The summed E-state index contributed by atoms with van der Waals surface area (Å²) in [4.78, 5) is 3.38. The highest BCUT2D eigenvalue weighted by atomic mass is 127. The van der Waals surface area contributed by atoms with E-state index >= 15 is 0 Å². The van der Waals surface area contributed by atoms with Crippen LogP contribution < -0.4 is 4.74 Å². The molecule has 0 amide bonds. The van der Waals surface area contributed by atoms with Crippen LogP contribution in [0, 0.1) is 3.57 Å². The quantitative estimate of drug-likeness (QED) is 0.782. The Labute approximate surface area is 92.6 Å². The summed E-state index contributed by atoms with van der Waals surface area (Å²) in [6.07, 6.45) is -4.43. The van der Waals surface area contributed by atoms with E-state index in [1.54, 1.807) is 29.5 Å². The Morgan fingerprint density at radius 1 is 1.43 bits per heavy atom. The molecule has 0 atom stereocenters. The molecule has 1 aromatic rings. The van der Waals surface area contributed by atoms with Gasteiger partial charge in [-0.15, -0.1) is 0 Å². The normalized spacial score (nSPS) is 11.5. The minimum Gasteiger partial charge on any atom is -0.478 e. The minimum atomic E-state index is -4.43. The van der Waals surface area contributed by atoms with Crippen molar-refractivity contribution in [1.29, 1.82) is 0 Å². The fraction of sp³-hybridized carbons (Fsp3) is 0.375. The van der Waals surface area contributed by atoms with Crippen LogP contribution in [0.15, 0.2) is 12.1 Å². The lowest BCUT2D eigenvalue weighted by atomic mass is 10.3. The lowest BCUT2D eigenvalue weighted by Crippen LogP contribution is -2.11. The van der Waals surface area contributed by atoms with E-state index in [4.69, 9.17) is 4.74 Å². The Morgan fingerprint density at radius 3 is 2.57 bits per heavy atom. The van der Waals surface area contributed by atoms with Gasteiger partial charge in [-0.05, 0) is 35.6 Å². The lowest BCUT2D eigenvalue weighted by Gasteiger charge is -2.09. The van der Waals surface area contributed by atoms with E-state index in [2.05, 4.69) is 4.98 Å². The maximum Gasteiger partial charge on any atom is 0.434 e. The third kappa shape index (κ3) is 2.73. The zero-order valence-corrected chi connectivity index (χ0v) is 9.39. The van der Waals surface area contributed by atoms with E-state index in [0.717, 1.165) is 0 Å². The van der Waals surface area contributed by atoms with Crippen molar-refractivity contribution >= 4 is 22.6 Å². The molecule has 6 heteroatoms. The highest BCUT2D eigenvalue weighted by Gasteiger charge is 2.35. The first kappa shape index (κ1) is 11.5. The zero-order valence-electron chi connectivity index (χ0n) is 7.23. The zero-order chi connectivity index (χ0) is 10.8. The van der Waals surface area contributed by atoms with Crippen molar-refractivity contribution in [3.63, 3.8) is 0 Å². The smallest absolute Gasteiger partial charge is 0.434 e. The molecule has 0 saturated heterocycles. The van der Waals surface area contributed by atoms with E-state index in [0.29, 0.717) is 6.61 Å². The highest BCUT2D eigenvalue weighted by molar-refractivity contribution is 14.1. The first-order valence-corrected chi connectivity index (χ1v) is 4.89. The van der Waals surface area contributed by atoms with Crippen molar-refractivity contribution in [2.75, 3.05) is 6.61 Å². The van der Waals surface area contributed by atoms with Crippen LogP contribution in [0.5, 0.6) is 5.88 Å². The Balaban J connectivity index is 3.09. The molecule has 0 unspecified atom stereocenters. The molecular formula is C8H7F3INO. The van der Waals surface area contributed by atoms with Gasteiger partial charge in [-0.1, -0.05) is 0 Å². The van der Waals surface area contributed by atoms with E-state index in [1.807, 2.05) is 0 Å². The molecule has 0 aliphatic carbocycles. The van der Waals surface area contributed by atoms with Gasteiger partial charge in [0.1, 0.15) is 0 Å². The van der Waals surface area contributed by atoms with Crippen LogP contribution in [0.2, 0.25) is 0 Å². The highest BCUT2D eigenvalue weighted by Crippen LogP contribution is 2.32. The van der Waals surface area contributed by atoms with Crippen molar-refractivity contribution in [2.24, 2.45) is 0 Å². The summed E-state index contributed by atoms with van der Waals surface area (Å²) in [5.74, 6) is 0.000223. The van der Waals surface area contributed by atoms with E-state index in [9.17, 15) is 13.2 Å². The monoisotopic (exact) mass is 317 g/mol. The largest absolute Gasteiger partial charge is 0.478 e. The molecule has 1 aromatic heterocycles. The molecule has 0 aromatic carbocycles. The maximum absolute atomic E-state index is 12.3. The molecule has 1 rings (SSSR count). The van der Waals surface area contributed by atoms with Crippen molar-refractivity contribution < 1.29 is 17.9 Å². The average molecular weight is 317 g/mol. The second kappa shape index (κ2) is 4.33. The SMILES string of the molecule is CCOc1ccc(I)c(C(F)(F)F)n1. The van der Waals surface area contributed by atoms with Crippen molar-refractivity contribution in [3.8, 4) is 5.88 Å². The minimum absolute atomic E-state index is 0.000223. The lowest BCUT2D eigenvalue weighted by molar-refractivity contribution is -0.142. The van der Waals surface area contributed by atoms with Gasteiger partial charge in [-0.3, -0.25) is 0 Å². The standard InChI is InChI=1S/C8H7F3INO/c1-2-14-6-4-3-5(12)7(13-6)8(9,10)11/h3-4H,2H2,1H3. The average Bonchev–Trinajstić information content (AvgIpc) is 2.07. The summed E-state index contributed by atoms with van der Waals surface area (Å²) in [6, 6.07) is 2.75. The van der Waals surface area contributed by atoms with Gasteiger partial charge in [-0.25, -0.2) is 4.98 Å². The van der Waals surface area contributed by atoms with Gasteiger partial charge in [0.05, 0.1) is 6.61 Å². The molecule has 0 N–H and O–H groups in total. The summed E-state index contributed by atoms with van der Waals surface area (Å²) >= 11 is 1.59. The Hall–Kier alpha value is -0.530. The van der Waals surface area contributed by atoms with E-state index in [1.165, 1.54) is 12.1 Å². The molecule has 0 saturated carbocycles. The second-order valence-electron chi connectivity index (χ2n) is 2.41. The molecule has 0 spiro atoms. The van der Waals surface area contributed by atoms with Crippen molar-refractivity contribution in [1.82, 2.24) is 4.98 Å².